The molecule has 15 heavy (non-hydrogen) atoms. The molecule has 0 aromatic rings. The van der Waals surface area contributed by atoms with E-state index in [0.29, 0.717) is 5.57 Å². The first kappa shape index (κ1) is 12.2. The minimum atomic E-state index is -0.756. The van der Waals surface area contributed by atoms with E-state index in [0.717, 1.165) is 44.5 Å². The van der Waals surface area contributed by atoms with Crippen molar-refractivity contribution in [3.05, 3.63) is 11.1 Å². The first-order valence-electron chi connectivity index (χ1n) is 5.79. The van der Waals surface area contributed by atoms with Crippen LogP contribution in [0.5, 0.6) is 0 Å². The van der Waals surface area contributed by atoms with E-state index in [1.807, 2.05) is 0 Å². The Morgan fingerprint density at radius 2 is 2.13 bits per heavy atom. The Morgan fingerprint density at radius 1 is 1.40 bits per heavy atom. The summed E-state index contributed by atoms with van der Waals surface area (Å²) in [5.41, 5.74) is 1.70. The van der Waals surface area contributed by atoms with Crippen LogP contribution in [0.25, 0.3) is 0 Å². The van der Waals surface area contributed by atoms with Gasteiger partial charge in [0.2, 0.25) is 0 Å². The molecule has 3 nitrogen and oxygen atoms in total. The number of likely N-dealkylation sites (tertiary alicyclic amines) is 1. The normalized spacial score (nSPS) is 22.3. The Labute approximate surface area is 91.8 Å². The van der Waals surface area contributed by atoms with Gasteiger partial charge in [-0.05, 0) is 45.7 Å². The van der Waals surface area contributed by atoms with Crippen molar-refractivity contribution < 1.29 is 9.90 Å². The summed E-state index contributed by atoms with van der Waals surface area (Å²) in [7, 11) is 0. The maximum absolute atomic E-state index is 10.8. The Kier molecular flexibility index (Phi) is 4.82. The SMILES string of the molecule is CCCN1CCCC(=C(C)C(=O)O)CC1. The predicted octanol–water partition coefficient (Wildman–Crippen LogP) is 2.28. The molecule has 0 aliphatic carbocycles. The van der Waals surface area contributed by atoms with Gasteiger partial charge in [0, 0.05) is 12.1 Å². The molecule has 0 saturated carbocycles. The van der Waals surface area contributed by atoms with Crippen molar-refractivity contribution in [1.82, 2.24) is 4.90 Å². The number of nitrogens with zero attached hydrogens (tertiary/aromatic N) is 1. The van der Waals surface area contributed by atoms with Gasteiger partial charge >= 0.3 is 5.97 Å². The van der Waals surface area contributed by atoms with E-state index in [1.165, 1.54) is 6.42 Å². The topological polar surface area (TPSA) is 40.5 Å². The first-order chi connectivity index (χ1) is 7.15. The van der Waals surface area contributed by atoms with Gasteiger partial charge in [0.05, 0.1) is 0 Å². The highest BCUT2D eigenvalue weighted by Gasteiger charge is 2.15. The summed E-state index contributed by atoms with van der Waals surface area (Å²) in [5.74, 6) is -0.756. The van der Waals surface area contributed by atoms with Crippen molar-refractivity contribution in [1.29, 1.82) is 0 Å². The molecule has 1 saturated heterocycles. The summed E-state index contributed by atoms with van der Waals surface area (Å²) < 4.78 is 0. The predicted molar refractivity (Wildman–Crippen MR) is 60.9 cm³/mol. The highest BCUT2D eigenvalue weighted by atomic mass is 16.4. The summed E-state index contributed by atoms with van der Waals surface area (Å²) >= 11 is 0. The molecule has 0 spiro atoms. The van der Waals surface area contributed by atoms with Gasteiger partial charge in [0.25, 0.3) is 0 Å². The maximum Gasteiger partial charge on any atom is 0.331 e. The quantitative estimate of drug-likeness (QED) is 0.728. The average molecular weight is 211 g/mol. The molecule has 0 amide bonds. The van der Waals surface area contributed by atoms with Crippen LogP contribution in [0, 0.1) is 0 Å². The molecule has 1 fully saturated rings. The molecular formula is C12H21NO2. The van der Waals surface area contributed by atoms with Crippen LogP contribution in [-0.2, 0) is 4.79 Å². The number of carboxylic acids is 1. The van der Waals surface area contributed by atoms with E-state index in [9.17, 15) is 4.79 Å². The monoisotopic (exact) mass is 211 g/mol. The van der Waals surface area contributed by atoms with Crippen LogP contribution in [0.3, 0.4) is 0 Å². The first-order valence-corrected chi connectivity index (χ1v) is 5.79. The van der Waals surface area contributed by atoms with Crippen LogP contribution in [0.2, 0.25) is 0 Å². The van der Waals surface area contributed by atoms with E-state index < -0.39 is 5.97 Å². The molecule has 0 aromatic heterocycles. The zero-order valence-electron chi connectivity index (χ0n) is 9.75. The van der Waals surface area contributed by atoms with Gasteiger partial charge in [-0.2, -0.15) is 0 Å². The third-order valence-electron chi connectivity index (χ3n) is 3.07. The smallest absolute Gasteiger partial charge is 0.331 e. The molecule has 86 valence electrons. The summed E-state index contributed by atoms with van der Waals surface area (Å²) in [5, 5.41) is 8.92. The van der Waals surface area contributed by atoms with Crippen molar-refractivity contribution in [3.8, 4) is 0 Å². The van der Waals surface area contributed by atoms with E-state index >= 15 is 0 Å². The molecule has 1 aliphatic heterocycles. The second-order valence-electron chi connectivity index (χ2n) is 4.23. The van der Waals surface area contributed by atoms with Crippen molar-refractivity contribution in [2.24, 2.45) is 0 Å². The molecule has 0 unspecified atom stereocenters. The Bertz CT molecular complexity index is 258. The minimum absolute atomic E-state index is 0.563. The lowest BCUT2D eigenvalue weighted by Gasteiger charge is -2.18. The number of carboxylic acid groups (broad SMARTS) is 1. The highest BCUT2D eigenvalue weighted by molar-refractivity contribution is 5.86. The van der Waals surface area contributed by atoms with Gasteiger partial charge < -0.3 is 10.0 Å². The Hall–Kier alpha value is -0.830. The van der Waals surface area contributed by atoms with Gasteiger partial charge in [0.15, 0.2) is 0 Å². The molecule has 0 radical (unpaired) electrons. The van der Waals surface area contributed by atoms with Crippen molar-refractivity contribution in [3.63, 3.8) is 0 Å². The van der Waals surface area contributed by atoms with Crippen LogP contribution < -0.4 is 0 Å². The fourth-order valence-corrected chi connectivity index (χ4v) is 2.11. The van der Waals surface area contributed by atoms with Crippen molar-refractivity contribution >= 4 is 5.97 Å². The van der Waals surface area contributed by atoms with Crippen LogP contribution in [-0.4, -0.2) is 35.6 Å². The zero-order chi connectivity index (χ0) is 11.3. The Balaban J connectivity index is 2.59. The summed E-state index contributed by atoms with van der Waals surface area (Å²) in [6, 6.07) is 0. The fraction of sp³-hybridized carbons (Fsp3) is 0.750. The van der Waals surface area contributed by atoms with Crippen LogP contribution in [0.15, 0.2) is 11.1 Å². The molecule has 0 atom stereocenters. The van der Waals surface area contributed by atoms with Crippen LogP contribution in [0.1, 0.15) is 39.5 Å². The van der Waals surface area contributed by atoms with Gasteiger partial charge in [-0.3, -0.25) is 0 Å². The van der Waals surface area contributed by atoms with Gasteiger partial charge in [-0.1, -0.05) is 12.5 Å². The van der Waals surface area contributed by atoms with E-state index in [-0.39, 0.29) is 0 Å². The second-order valence-corrected chi connectivity index (χ2v) is 4.23. The molecule has 0 bridgehead atoms. The number of aliphatic carboxylic acids is 1. The number of hydrogen-bond acceptors (Lipinski definition) is 2. The summed E-state index contributed by atoms with van der Waals surface area (Å²) in [4.78, 5) is 13.3. The van der Waals surface area contributed by atoms with E-state index in [2.05, 4.69) is 11.8 Å². The number of hydrogen-bond donors (Lipinski definition) is 1. The van der Waals surface area contributed by atoms with Gasteiger partial charge in [-0.15, -0.1) is 0 Å². The van der Waals surface area contributed by atoms with E-state index in [1.54, 1.807) is 6.92 Å². The summed E-state index contributed by atoms with van der Waals surface area (Å²) in [6.07, 6.45) is 4.16. The molecule has 1 aliphatic rings. The maximum atomic E-state index is 10.8. The third kappa shape index (κ3) is 3.67. The largest absolute Gasteiger partial charge is 0.478 e. The lowest BCUT2D eigenvalue weighted by molar-refractivity contribution is -0.132. The van der Waals surface area contributed by atoms with Gasteiger partial charge in [-0.25, -0.2) is 4.79 Å². The van der Waals surface area contributed by atoms with Crippen molar-refractivity contribution in [2.45, 2.75) is 39.5 Å². The molecule has 0 aromatic carbocycles. The molecule has 1 N–H and O–H groups in total. The fourth-order valence-electron chi connectivity index (χ4n) is 2.11. The summed E-state index contributed by atoms with van der Waals surface area (Å²) in [6.45, 7) is 7.19. The minimum Gasteiger partial charge on any atom is -0.478 e. The van der Waals surface area contributed by atoms with Crippen LogP contribution >= 0.6 is 0 Å². The molecule has 1 rings (SSSR count). The number of rotatable bonds is 3. The van der Waals surface area contributed by atoms with Gasteiger partial charge in [0.1, 0.15) is 0 Å². The molecular weight excluding hydrogens is 190 g/mol. The highest BCUT2D eigenvalue weighted by Crippen LogP contribution is 2.20. The van der Waals surface area contributed by atoms with E-state index in [4.69, 9.17) is 5.11 Å². The standard InChI is InChI=1S/C12H21NO2/c1-3-7-13-8-4-5-11(6-9-13)10(2)12(14)15/h3-9H2,1-2H3,(H,14,15). The molecule has 1 heterocycles. The lowest BCUT2D eigenvalue weighted by atomic mass is 10.0. The van der Waals surface area contributed by atoms with Crippen LogP contribution in [0.4, 0.5) is 0 Å². The average Bonchev–Trinajstić information content (AvgIpc) is 2.43. The number of carbonyl (C=O) groups is 1. The lowest BCUT2D eigenvalue weighted by Crippen LogP contribution is -2.25. The Morgan fingerprint density at radius 3 is 2.73 bits per heavy atom. The zero-order valence-corrected chi connectivity index (χ0v) is 9.75. The molecule has 3 heteroatoms. The second kappa shape index (κ2) is 5.91. The third-order valence-corrected chi connectivity index (χ3v) is 3.07. The van der Waals surface area contributed by atoms with Crippen molar-refractivity contribution in [2.75, 3.05) is 19.6 Å².